The highest BCUT2D eigenvalue weighted by atomic mass is 19.4. The van der Waals surface area contributed by atoms with Crippen LogP contribution in [-0.4, -0.2) is 37.4 Å². The molecule has 0 saturated carbocycles. The molecule has 5 nitrogen and oxygen atoms in total. The molecule has 2 aromatic carbocycles. The predicted molar refractivity (Wildman–Crippen MR) is 88.8 cm³/mol. The molecule has 0 unspecified atom stereocenters. The number of ether oxygens (including phenoxy) is 2. The van der Waals surface area contributed by atoms with Crippen LogP contribution in [0.2, 0.25) is 0 Å². The van der Waals surface area contributed by atoms with E-state index in [0.717, 1.165) is 0 Å². The van der Waals surface area contributed by atoms with Crippen LogP contribution in [0, 0.1) is 0 Å². The number of alkyl halides is 3. The van der Waals surface area contributed by atoms with Crippen molar-refractivity contribution in [2.24, 2.45) is 0 Å². The first kappa shape index (κ1) is 18.1. The van der Waals surface area contributed by atoms with Gasteiger partial charge >= 0.3 is 6.36 Å². The maximum atomic E-state index is 12.9. The van der Waals surface area contributed by atoms with Crippen LogP contribution < -0.4 is 10.1 Å². The number of hydrogen-bond donors (Lipinski definition) is 1. The number of nitrogens with zero attached hydrogens (tertiary/aromatic N) is 1. The maximum absolute atomic E-state index is 12.9. The smallest absolute Gasteiger partial charge is 0.405 e. The summed E-state index contributed by atoms with van der Waals surface area (Å²) in [4.78, 5) is 14.3. The first-order valence-corrected chi connectivity index (χ1v) is 7.91. The van der Waals surface area contributed by atoms with Crippen LogP contribution in [0.4, 0.5) is 18.9 Å². The van der Waals surface area contributed by atoms with Crippen LogP contribution in [0.3, 0.4) is 0 Å². The summed E-state index contributed by atoms with van der Waals surface area (Å²) in [6.45, 7) is 0.454. The molecule has 0 aromatic heterocycles. The van der Waals surface area contributed by atoms with Gasteiger partial charge in [-0.05, 0) is 18.2 Å². The third kappa shape index (κ3) is 3.75. The second-order valence-electron chi connectivity index (χ2n) is 5.67. The Kier molecular flexibility index (Phi) is 5.03. The molecule has 2 aromatic rings. The van der Waals surface area contributed by atoms with E-state index < -0.39 is 12.5 Å². The number of fused-ring (bicyclic) bond motifs is 1. The molecule has 0 spiro atoms. The van der Waals surface area contributed by atoms with Crippen LogP contribution in [0.5, 0.6) is 5.75 Å². The second-order valence-corrected chi connectivity index (χ2v) is 5.67. The van der Waals surface area contributed by atoms with E-state index >= 15 is 0 Å². The molecule has 138 valence electrons. The minimum absolute atomic E-state index is 0.210. The third-order valence-electron chi connectivity index (χ3n) is 4.00. The van der Waals surface area contributed by atoms with Crippen molar-refractivity contribution in [1.82, 2.24) is 4.90 Å². The fourth-order valence-electron chi connectivity index (χ4n) is 2.88. The molecule has 0 bridgehead atoms. The summed E-state index contributed by atoms with van der Waals surface area (Å²) >= 11 is 0. The molecule has 1 heterocycles. The standard InChI is InChI=1S/C18H17F3N2O3/c1-25-11-10-23-16(22-14-8-4-2-6-12(14)17(23)24)13-7-3-5-9-15(13)26-18(19,20)21/h2-9,16,22H,10-11H2,1H3/t16-/m1/s1. The van der Waals surface area contributed by atoms with E-state index in [1.165, 1.54) is 30.2 Å². The van der Waals surface area contributed by atoms with E-state index in [-0.39, 0.29) is 30.4 Å². The first-order valence-electron chi connectivity index (χ1n) is 7.91. The van der Waals surface area contributed by atoms with Gasteiger partial charge in [-0.1, -0.05) is 30.3 Å². The summed E-state index contributed by atoms with van der Waals surface area (Å²) in [5.41, 5.74) is 1.22. The van der Waals surface area contributed by atoms with Gasteiger partial charge in [0.25, 0.3) is 5.91 Å². The van der Waals surface area contributed by atoms with E-state index in [4.69, 9.17) is 4.74 Å². The fourth-order valence-corrected chi connectivity index (χ4v) is 2.88. The number of para-hydroxylation sites is 2. The number of carbonyl (C=O) groups is 1. The van der Waals surface area contributed by atoms with Crippen molar-refractivity contribution >= 4 is 11.6 Å². The van der Waals surface area contributed by atoms with Gasteiger partial charge in [0.15, 0.2) is 0 Å². The van der Waals surface area contributed by atoms with Crippen molar-refractivity contribution < 1.29 is 27.4 Å². The Hall–Kier alpha value is -2.74. The molecule has 1 atom stereocenters. The SMILES string of the molecule is COCCN1C(=O)c2ccccc2N[C@H]1c1ccccc1OC(F)(F)F. The summed E-state index contributed by atoms with van der Waals surface area (Å²) in [6.07, 6.45) is -5.64. The van der Waals surface area contributed by atoms with Crippen molar-refractivity contribution in [3.63, 3.8) is 0 Å². The van der Waals surface area contributed by atoms with Crippen LogP contribution >= 0.6 is 0 Å². The van der Waals surface area contributed by atoms with Crippen LogP contribution in [0.15, 0.2) is 48.5 Å². The van der Waals surface area contributed by atoms with Crippen molar-refractivity contribution in [2.45, 2.75) is 12.5 Å². The third-order valence-corrected chi connectivity index (χ3v) is 4.00. The zero-order chi connectivity index (χ0) is 18.7. The Labute approximate surface area is 148 Å². The van der Waals surface area contributed by atoms with Gasteiger partial charge in [0, 0.05) is 24.9 Å². The van der Waals surface area contributed by atoms with Crippen molar-refractivity contribution in [2.75, 3.05) is 25.6 Å². The van der Waals surface area contributed by atoms with Gasteiger partial charge in [-0.3, -0.25) is 4.79 Å². The first-order chi connectivity index (χ1) is 12.4. The van der Waals surface area contributed by atoms with Gasteiger partial charge in [-0.25, -0.2) is 0 Å². The lowest BCUT2D eigenvalue weighted by atomic mass is 10.0. The number of carbonyl (C=O) groups excluding carboxylic acids is 1. The van der Waals surface area contributed by atoms with Crippen molar-refractivity contribution in [3.8, 4) is 5.75 Å². The largest absolute Gasteiger partial charge is 0.573 e. The number of amides is 1. The molecule has 0 fully saturated rings. The second kappa shape index (κ2) is 7.25. The fraction of sp³-hybridized carbons (Fsp3) is 0.278. The molecule has 8 heteroatoms. The van der Waals surface area contributed by atoms with Gasteiger partial charge in [-0.15, -0.1) is 13.2 Å². The van der Waals surface area contributed by atoms with Crippen molar-refractivity contribution in [3.05, 3.63) is 59.7 Å². The number of benzene rings is 2. The summed E-state index contributed by atoms with van der Waals surface area (Å²) in [7, 11) is 1.49. The number of rotatable bonds is 5. The Morgan fingerprint density at radius 1 is 1.12 bits per heavy atom. The minimum Gasteiger partial charge on any atom is -0.405 e. The monoisotopic (exact) mass is 366 g/mol. The molecular formula is C18H17F3N2O3. The maximum Gasteiger partial charge on any atom is 0.573 e. The van der Waals surface area contributed by atoms with E-state index in [1.54, 1.807) is 30.3 Å². The van der Waals surface area contributed by atoms with Gasteiger partial charge in [-0.2, -0.15) is 0 Å². The summed E-state index contributed by atoms with van der Waals surface area (Å²) < 4.78 is 47.5. The highest BCUT2D eigenvalue weighted by Crippen LogP contribution is 2.38. The molecule has 1 aliphatic heterocycles. The number of methoxy groups -OCH3 is 1. The molecule has 0 aliphatic carbocycles. The van der Waals surface area contributed by atoms with Gasteiger partial charge in [0.2, 0.25) is 0 Å². The molecule has 1 amide bonds. The number of nitrogens with one attached hydrogen (secondary N) is 1. The average molecular weight is 366 g/mol. The van der Waals surface area contributed by atoms with Crippen molar-refractivity contribution in [1.29, 1.82) is 0 Å². The quantitative estimate of drug-likeness (QED) is 0.875. The Morgan fingerprint density at radius 3 is 2.54 bits per heavy atom. The Morgan fingerprint density at radius 2 is 1.81 bits per heavy atom. The van der Waals surface area contributed by atoms with Gasteiger partial charge in [0.1, 0.15) is 11.9 Å². The van der Waals surface area contributed by atoms with Gasteiger partial charge in [0.05, 0.1) is 12.2 Å². The molecular weight excluding hydrogens is 349 g/mol. The molecule has 0 saturated heterocycles. The van der Waals surface area contributed by atoms with E-state index in [9.17, 15) is 18.0 Å². The lowest BCUT2D eigenvalue weighted by Gasteiger charge is -2.38. The van der Waals surface area contributed by atoms with Crippen LogP contribution in [0.25, 0.3) is 0 Å². The average Bonchev–Trinajstić information content (AvgIpc) is 2.60. The van der Waals surface area contributed by atoms with Crippen LogP contribution in [0.1, 0.15) is 22.1 Å². The normalized spacial score (nSPS) is 16.8. The lowest BCUT2D eigenvalue weighted by Crippen LogP contribution is -2.44. The zero-order valence-corrected chi connectivity index (χ0v) is 13.9. The zero-order valence-electron chi connectivity index (χ0n) is 13.9. The number of anilines is 1. The highest BCUT2D eigenvalue weighted by molar-refractivity contribution is 6.01. The highest BCUT2D eigenvalue weighted by Gasteiger charge is 2.37. The summed E-state index contributed by atoms with van der Waals surface area (Å²) in [5, 5.41) is 3.13. The molecule has 3 rings (SSSR count). The summed E-state index contributed by atoms with van der Waals surface area (Å²) in [6, 6.07) is 12.6. The minimum atomic E-state index is -4.83. The Balaban J connectivity index is 2.03. The molecule has 1 N–H and O–H groups in total. The topological polar surface area (TPSA) is 50.8 Å². The van der Waals surface area contributed by atoms with E-state index in [2.05, 4.69) is 10.1 Å². The number of hydrogen-bond acceptors (Lipinski definition) is 4. The molecule has 0 radical (unpaired) electrons. The Bertz CT molecular complexity index is 795. The lowest BCUT2D eigenvalue weighted by molar-refractivity contribution is -0.275. The number of halogens is 3. The van der Waals surface area contributed by atoms with E-state index in [1.807, 2.05) is 0 Å². The molecule has 26 heavy (non-hydrogen) atoms. The van der Waals surface area contributed by atoms with Gasteiger partial charge < -0.3 is 19.7 Å². The van der Waals surface area contributed by atoms with Crippen LogP contribution in [-0.2, 0) is 4.74 Å². The summed E-state index contributed by atoms with van der Waals surface area (Å²) in [5.74, 6) is -0.643. The predicted octanol–water partition coefficient (Wildman–Crippen LogP) is 3.80. The molecule has 1 aliphatic rings. The van der Waals surface area contributed by atoms with E-state index in [0.29, 0.717) is 11.3 Å².